The zero-order valence-electron chi connectivity index (χ0n) is 14.7. The van der Waals surface area contributed by atoms with Crippen LogP contribution in [0.3, 0.4) is 0 Å². The van der Waals surface area contributed by atoms with E-state index in [-0.39, 0.29) is 32.7 Å². The molecule has 0 unspecified atom stereocenters. The largest absolute Gasteiger partial charge is 0.662 e. The number of hydrogen-bond acceptors (Lipinski definition) is 2. The van der Waals surface area contributed by atoms with E-state index in [4.69, 9.17) is 16.3 Å². The summed E-state index contributed by atoms with van der Waals surface area (Å²) in [5, 5.41) is 18.4. The van der Waals surface area contributed by atoms with E-state index in [1.807, 2.05) is 31.3 Å². The van der Waals surface area contributed by atoms with Crippen molar-refractivity contribution in [3.05, 3.63) is 51.1 Å². The molecule has 0 aromatic heterocycles. The predicted octanol–water partition coefficient (Wildman–Crippen LogP) is 4.95. The number of halogens is 1. The van der Waals surface area contributed by atoms with E-state index in [9.17, 15) is 5.26 Å². The van der Waals surface area contributed by atoms with Gasteiger partial charge >= 0.3 is 0 Å². The Bertz CT molecular complexity index is 569. The summed E-state index contributed by atoms with van der Waals surface area (Å²) in [7, 11) is 1.88. The van der Waals surface area contributed by atoms with Crippen LogP contribution < -0.4 is 0 Å². The first-order valence-corrected chi connectivity index (χ1v) is 8.80. The Morgan fingerprint density at radius 1 is 1.20 bits per heavy atom. The van der Waals surface area contributed by atoms with Gasteiger partial charge in [0.1, 0.15) is 0 Å². The fourth-order valence-corrected chi connectivity index (χ4v) is 2.95. The van der Waals surface area contributed by atoms with E-state index in [0.717, 1.165) is 63.1 Å². The van der Waals surface area contributed by atoms with Gasteiger partial charge < -0.3 is 15.4 Å². The molecule has 0 spiro atoms. The summed E-state index contributed by atoms with van der Waals surface area (Å²) in [4.78, 5) is 0. The van der Waals surface area contributed by atoms with Gasteiger partial charge in [-0.2, -0.15) is 12.3 Å². The number of nitrogens with zero attached hydrogens (tertiary/aromatic N) is 3. The van der Waals surface area contributed by atoms with Gasteiger partial charge in [0.2, 0.25) is 0 Å². The molecule has 3 rings (SSSR count). The molecule has 2 aliphatic heterocycles. The summed E-state index contributed by atoms with van der Waals surface area (Å²) in [6.07, 6.45) is 4.06. The van der Waals surface area contributed by atoms with Crippen LogP contribution in [0.25, 0.3) is 16.2 Å². The second-order valence-electron chi connectivity index (χ2n) is 5.87. The van der Waals surface area contributed by atoms with Crippen LogP contribution in [0.2, 0.25) is 5.02 Å². The van der Waals surface area contributed by atoms with E-state index in [1.165, 1.54) is 5.57 Å². The number of allylic oxidation sites excluding steroid dienone is 1. The standard InChI is InChI=1S/C13H12ClN2.C6H12NO.Y/c14-12-3-1-10(2-4-12)13(9-15)11-5-7-16-8-6-11;1-7-6-2-4-8-5-3-6;/h1-4H,5-8H2;6H,2-5H2,1H3;/q2*-1;. The molecule has 1 aromatic carbocycles. The van der Waals surface area contributed by atoms with E-state index in [2.05, 4.69) is 16.7 Å². The van der Waals surface area contributed by atoms with E-state index in [0.29, 0.717) is 11.1 Å². The van der Waals surface area contributed by atoms with Crippen LogP contribution in [0.5, 0.6) is 0 Å². The van der Waals surface area contributed by atoms with Gasteiger partial charge in [0.15, 0.2) is 0 Å². The third kappa shape index (κ3) is 7.87. The van der Waals surface area contributed by atoms with Gasteiger partial charge in [-0.15, -0.1) is 19.1 Å². The quantitative estimate of drug-likeness (QED) is 0.618. The van der Waals surface area contributed by atoms with Crippen LogP contribution in [0.4, 0.5) is 0 Å². The molecule has 0 saturated carbocycles. The van der Waals surface area contributed by atoms with Crippen molar-refractivity contribution >= 4 is 17.2 Å². The van der Waals surface area contributed by atoms with Crippen molar-refractivity contribution in [1.29, 1.82) is 5.26 Å². The molecule has 25 heavy (non-hydrogen) atoms. The van der Waals surface area contributed by atoms with E-state index < -0.39 is 0 Å². The third-order valence-corrected chi connectivity index (χ3v) is 4.55. The molecule has 133 valence electrons. The van der Waals surface area contributed by atoms with Gasteiger partial charge in [-0.05, 0) is 43.4 Å². The first-order chi connectivity index (χ1) is 11.7. The maximum atomic E-state index is 9.23. The van der Waals surface area contributed by atoms with Gasteiger partial charge in [0.05, 0.1) is 11.6 Å². The summed E-state index contributed by atoms with van der Waals surface area (Å²) in [6, 6.07) is 10.3. The first kappa shape index (κ1) is 22.8. The molecule has 6 heteroatoms. The Morgan fingerprint density at radius 3 is 2.28 bits per heavy atom. The average molecular weight is 435 g/mol. The SMILES string of the molecule is C[N-]C1CCOCC1.N#CC(=C1CC[N-]CC1)c1ccc(Cl)cc1.[Y]. The Hall–Kier alpha value is -0.276. The zero-order valence-corrected chi connectivity index (χ0v) is 18.3. The van der Waals surface area contributed by atoms with Crippen LogP contribution >= 0.6 is 11.6 Å². The summed E-state index contributed by atoms with van der Waals surface area (Å²) < 4.78 is 5.14. The Morgan fingerprint density at radius 2 is 1.80 bits per heavy atom. The van der Waals surface area contributed by atoms with Crippen molar-refractivity contribution in [2.75, 3.05) is 33.4 Å². The summed E-state index contributed by atoms with van der Waals surface area (Å²) in [5.41, 5.74) is 2.98. The predicted molar refractivity (Wildman–Crippen MR) is 99.4 cm³/mol. The van der Waals surface area contributed by atoms with Crippen molar-refractivity contribution in [3.63, 3.8) is 0 Å². The minimum atomic E-state index is 0. The molecule has 2 aliphatic rings. The van der Waals surface area contributed by atoms with Crippen molar-refractivity contribution in [2.45, 2.75) is 31.7 Å². The van der Waals surface area contributed by atoms with Gasteiger partial charge in [-0.1, -0.05) is 29.3 Å². The van der Waals surface area contributed by atoms with Crippen LogP contribution in [-0.4, -0.2) is 39.4 Å². The van der Waals surface area contributed by atoms with E-state index >= 15 is 0 Å². The van der Waals surface area contributed by atoms with Gasteiger partial charge in [-0.3, -0.25) is 0 Å². The maximum absolute atomic E-state index is 9.23. The van der Waals surface area contributed by atoms with Gasteiger partial charge in [0.25, 0.3) is 0 Å². The van der Waals surface area contributed by atoms with E-state index in [1.54, 1.807) is 0 Å². The number of ether oxygens (including phenoxy) is 1. The van der Waals surface area contributed by atoms with Gasteiger partial charge in [0, 0.05) is 50.9 Å². The third-order valence-electron chi connectivity index (χ3n) is 4.30. The average Bonchev–Trinajstić information content (AvgIpc) is 2.66. The van der Waals surface area contributed by atoms with Crippen LogP contribution in [0, 0.1) is 11.3 Å². The topological polar surface area (TPSA) is 61.2 Å². The molecular weight excluding hydrogens is 411 g/mol. The number of nitriles is 1. The molecule has 1 aromatic rings. The summed E-state index contributed by atoms with van der Waals surface area (Å²) in [6.45, 7) is 3.49. The molecule has 0 N–H and O–H groups in total. The van der Waals surface area contributed by atoms with Crippen molar-refractivity contribution in [3.8, 4) is 6.07 Å². The second-order valence-corrected chi connectivity index (χ2v) is 6.31. The summed E-state index contributed by atoms with van der Waals surface area (Å²) >= 11 is 5.83. The summed E-state index contributed by atoms with van der Waals surface area (Å²) in [5.74, 6) is 0. The fourth-order valence-electron chi connectivity index (χ4n) is 2.82. The maximum Gasteiger partial charge on any atom is 0.0997 e. The number of rotatable bonds is 2. The van der Waals surface area contributed by atoms with Crippen LogP contribution in [0.15, 0.2) is 29.8 Å². The molecule has 2 heterocycles. The molecule has 1 radical (unpaired) electrons. The minimum absolute atomic E-state index is 0. The van der Waals surface area contributed by atoms with Crippen molar-refractivity contribution in [1.82, 2.24) is 0 Å². The molecule has 0 aliphatic carbocycles. The van der Waals surface area contributed by atoms with Gasteiger partial charge in [-0.25, -0.2) is 0 Å². The molecule has 0 atom stereocenters. The monoisotopic (exact) mass is 434 g/mol. The molecule has 4 nitrogen and oxygen atoms in total. The number of benzene rings is 1. The normalized spacial score (nSPS) is 17.6. The Labute approximate surface area is 181 Å². The van der Waals surface area contributed by atoms with Crippen molar-refractivity contribution < 1.29 is 37.4 Å². The zero-order chi connectivity index (χ0) is 17.2. The molecule has 0 bridgehead atoms. The molecule has 0 amide bonds. The van der Waals surface area contributed by atoms with Crippen molar-refractivity contribution in [2.24, 2.45) is 0 Å². The second kappa shape index (κ2) is 13.0. The smallest absolute Gasteiger partial charge is 0.0997 e. The Kier molecular flexibility index (Phi) is 11.8. The number of piperidine rings is 1. The first-order valence-electron chi connectivity index (χ1n) is 8.42. The minimum Gasteiger partial charge on any atom is -0.662 e. The molecule has 2 saturated heterocycles. The molecule has 2 fully saturated rings. The Balaban J connectivity index is 0.000000295. The molecular formula is C19H24ClN3OY-2. The van der Waals surface area contributed by atoms with Crippen LogP contribution in [0.1, 0.15) is 31.2 Å². The fraction of sp³-hybridized carbons (Fsp3) is 0.526. The number of hydrogen-bond donors (Lipinski definition) is 0. The van der Waals surface area contributed by atoms with Crippen LogP contribution in [-0.2, 0) is 37.4 Å².